The average Bonchev–Trinajstić information content (AvgIpc) is 2.55. The molecule has 26 heavy (non-hydrogen) atoms. The van der Waals surface area contributed by atoms with Gasteiger partial charge in [0.15, 0.2) is 6.04 Å². The number of rotatable bonds is 11. The maximum atomic E-state index is 12.1. The van der Waals surface area contributed by atoms with Crippen molar-refractivity contribution in [3.05, 3.63) is 0 Å². The van der Waals surface area contributed by atoms with E-state index in [9.17, 15) is 29.1 Å². The van der Waals surface area contributed by atoms with Gasteiger partial charge in [-0.1, -0.05) is 0 Å². The van der Waals surface area contributed by atoms with Crippen molar-refractivity contribution < 1.29 is 39.3 Å². The van der Waals surface area contributed by atoms with Gasteiger partial charge in [0.2, 0.25) is 17.7 Å². The minimum Gasteiger partial charge on any atom is -0.481 e. The summed E-state index contributed by atoms with van der Waals surface area (Å²) >= 11 is 3.87. The molecule has 12 nitrogen and oxygen atoms in total. The molecule has 0 heterocycles. The Bertz CT molecular complexity index is 556. The molecule has 0 fully saturated rings. The lowest BCUT2D eigenvalue weighted by Gasteiger charge is -2.23. The zero-order valence-electron chi connectivity index (χ0n) is 13.8. The summed E-state index contributed by atoms with van der Waals surface area (Å²) in [5.41, 5.74) is 5.09. The Kier molecular flexibility index (Phi) is 10.2. The lowest BCUT2D eigenvalue weighted by Crippen LogP contribution is -2.58. The molecule has 0 aliphatic rings. The molecule has 0 aromatic carbocycles. The van der Waals surface area contributed by atoms with Gasteiger partial charge in [0.25, 0.3) is 0 Å². The summed E-state index contributed by atoms with van der Waals surface area (Å²) in [6, 6.07) is -4.45. The maximum Gasteiger partial charge on any atom is 0.328 e. The topological polar surface area (TPSA) is 208 Å². The SMILES string of the molecule is CC(O)C(NC(=O)C(CS)NC(=O)C(CC(=O)O)NC(=O)CN)C(=O)O. The number of hydrogen-bond donors (Lipinski definition) is 8. The molecule has 148 valence electrons. The van der Waals surface area contributed by atoms with Crippen LogP contribution in [-0.4, -0.2) is 81.5 Å². The Balaban J connectivity index is 5.10. The molecule has 0 spiro atoms. The van der Waals surface area contributed by atoms with Crippen LogP contribution in [0.25, 0.3) is 0 Å². The molecule has 13 heteroatoms. The van der Waals surface area contributed by atoms with E-state index in [1.165, 1.54) is 0 Å². The summed E-state index contributed by atoms with van der Waals surface area (Å²) in [6.45, 7) is 0.674. The first kappa shape index (κ1) is 23.6. The fourth-order valence-corrected chi connectivity index (χ4v) is 2.00. The van der Waals surface area contributed by atoms with Crippen LogP contribution in [0.15, 0.2) is 0 Å². The Morgan fingerprint density at radius 2 is 1.54 bits per heavy atom. The van der Waals surface area contributed by atoms with Crippen LogP contribution in [-0.2, 0) is 24.0 Å². The highest BCUT2D eigenvalue weighted by Crippen LogP contribution is 1.99. The number of amides is 3. The van der Waals surface area contributed by atoms with Crippen molar-refractivity contribution in [2.45, 2.75) is 37.6 Å². The molecule has 0 aliphatic carbocycles. The lowest BCUT2D eigenvalue weighted by atomic mass is 10.1. The second kappa shape index (κ2) is 11.3. The minimum absolute atomic E-state index is 0.256. The first-order valence-corrected chi connectivity index (χ1v) is 8.00. The predicted molar refractivity (Wildman–Crippen MR) is 90.3 cm³/mol. The number of aliphatic carboxylic acids is 2. The first-order valence-electron chi connectivity index (χ1n) is 7.37. The summed E-state index contributed by atoms with van der Waals surface area (Å²) in [5, 5.41) is 33.4. The first-order chi connectivity index (χ1) is 12.0. The van der Waals surface area contributed by atoms with Crippen molar-refractivity contribution in [2.24, 2.45) is 5.73 Å². The van der Waals surface area contributed by atoms with Crippen LogP contribution in [0.2, 0.25) is 0 Å². The molecular formula is C13H22N4O8S. The largest absolute Gasteiger partial charge is 0.481 e. The van der Waals surface area contributed by atoms with Crippen LogP contribution in [0.1, 0.15) is 13.3 Å². The van der Waals surface area contributed by atoms with Crippen LogP contribution in [0, 0.1) is 0 Å². The number of thiol groups is 1. The third kappa shape index (κ3) is 8.13. The number of hydrogen-bond acceptors (Lipinski definition) is 8. The number of aliphatic hydroxyl groups excluding tert-OH is 1. The molecule has 3 amide bonds. The number of carbonyl (C=O) groups is 5. The molecule has 0 aromatic rings. The summed E-state index contributed by atoms with van der Waals surface area (Å²) in [4.78, 5) is 57.3. The van der Waals surface area contributed by atoms with Crippen molar-refractivity contribution >= 4 is 42.3 Å². The number of nitrogens with two attached hydrogens (primary N) is 1. The number of carboxylic acid groups (broad SMARTS) is 2. The molecular weight excluding hydrogens is 372 g/mol. The Morgan fingerprint density at radius 1 is 1.00 bits per heavy atom. The highest BCUT2D eigenvalue weighted by molar-refractivity contribution is 7.80. The molecule has 0 radical (unpaired) electrons. The zero-order valence-corrected chi connectivity index (χ0v) is 14.7. The van der Waals surface area contributed by atoms with E-state index < -0.39 is 66.9 Å². The van der Waals surface area contributed by atoms with E-state index in [0.717, 1.165) is 6.92 Å². The third-order valence-corrected chi connectivity index (χ3v) is 3.44. The van der Waals surface area contributed by atoms with Gasteiger partial charge in [0, 0.05) is 5.75 Å². The lowest BCUT2D eigenvalue weighted by molar-refractivity contribution is -0.145. The average molecular weight is 394 g/mol. The molecule has 0 aromatic heterocycles. The van der Waals surface area contributed by atoms with Gasteiger partial charge in [-0.3, -0.25) is 19.2 Å². The second-order valence-electron chi connectivity index (χ2n) is 5.23. The van der Waals surface area contributed by atoms with Crippen LogP contribution in [0.5, 0.6) is 0 Å². The second-order valence-corrected chi connectivity index (χ2v) is 5.60. The Hall–Kier alpha value is -2.38. The van der Waals surface area contributed by atoms with Gasteiger partial charge in [-0.2, -0.15) is 12.6 Å². The van der Waals surface area contributed by atoms with Crippen LogP contribution < -0.4 is 21.7 Å². The van der Waals surface area contributed by atoms with E-state index in [1.807, 2.05) is 5.32 Å². The van der Waals surface area contributed by atoms with Gasteiger partial charge in [-0.05, 0) is 6.92 Å². The Labute approximate surface area is 153 Å². The number of aliphatic hydroxyl groups is 1. The van der Waals surface area contributed by atoms with Crippen molar-refractivity contribution in [3.63, 3.8) is 0 Å². The molecule has 0 saturated carbocycles. The number of carbonyl (C=O) groups excluding carboxylic acids is 3. The summed E-state index contributed by atoms with van der Waals surface area (Å²) < 4.78 is 0. The third-order valence-electron chi connectivity index (χ3n) is 3.08. The van der Waals surface area contributed by atoms with E-state index in [0.29, 0.717) is 0 Å². The summed E-state index contributed by atoms with van der Waals surface area (Å²) in [7, 11) is 0. The van der Waals surface area contributed by atoms with Gasteiger partial charge in [0.05, 0.1) is 19.1 Å². The highest BCUT2D eigenvalue weighted by atomic mass is 32.1. The van der Waals surface area contributed by atoms with Crippen molar-refractivity contribution in [1.82, 2.24) is 16.0 Å². The molecule has 0 saturated heterocycles. The molecule has 0 bridgehead atoms. The normalized spacial score (nSPS) is 15.1. The predicted octanol–water partition coefficient (Wildman–Crippen LogP) is -3.73. The molecule has 0 aliphatic heterocycles. The van der Waals surface area contributed by atoms with E-state index in [4.69, 9.17) is 15.9 Å². The Morgan fingerprint density at radius 3 is 1.92 bits per heavy atom. The molecule has 4 atom stereocenters. The van der Waals surface area contributed by atoms with Gasteiger partial charge >= 0.3 is 11.9 Å². The van der Waals surface area contributed by atoms with Gasteiger partial charge in [-0.25, -0.2) is 4.79 Å². The highest BCUT2D eigenvalue weighted by Gasteiger charge is 2.31. The van der Waals surface area contributed by atoms with E-state index in [-0.39, 0.29) is 5.75 Å². The quantitative estimate of drug-likeness (QED) is 0.162. The van der Waals surface area contributed by atoms with Gasteiger partial charge in [-0.15, -0.1) is 0 Å². The van der Waals surface area contributed by atoms with Crippen molar-refractivity contribution in [1.29, 1.82) is 0 Å². The standard InChI is InChI=1S/C13H22N4O8S/c1-5(18)10(13(24)25)17-12(23)7(4-26)16-11(22)6(2-9(20)21)15-8(19)3-14/h5-7,10,18,26H,2-4,14H2,1H3,(H,15,19)(H,16,22)(H,17,23)(H,20,21)(H,24,25). The fraction of sp³-hybridized carbons (Fsp3) is 0.615. The van der Waals surface area contributed by atoms with E-state index >= 15 is 0 Å². The molecule has 0 rings (SSSR count). The maximum absolute atomic E-state index is 12.1. The zero-order chi connectivity index (χ0) is 20.4. The molecule has 4 unspecified atom stereocenters. The van der Waals surface area contributed by atoms with Gasteiger partial charge < -0.3 is 37.0 Å². The van der Waals surface area contributed by atoms with Crippen LogP contribution in [0.3, 0.4) is 0 Å². The monoisotopic (exact) mass is 394 g/mol. The van der Waals surface area contributed by atoms with Crippen molar-refractivity contribution in [3.8, 4) is 0 Å². The minimum atomic E-state index is -1.62. The smallest absolute Gasteiger partial charge is 0.328 e. The summed E-state index contributed by atoms with van der Waals surface area (Å²) in [6.07, 6.45) is -2.17. The van der Waals surface area contributed by atoms with Crippen LogP contribution >= 0.6 is 12.6 Å². The molecule has 8 N–H and O–H groups in total. The van der Waals surface area contributed by atoms with E-state index in [1.54, 1.807) is 0 Å². The van der Waals surface area contributed by atoms with Gasteiger partial charge in [0.1, 0.15) is 12.1 Å². The van der Waals surface area contributed by atoms with Crippen LogP contribution in [0.4, 0.5) is 0 Å². The fourth-order valence-electron chi connectivity index (χ4n) is 1.75. The van der Waals surface area contributed by atoms with E-state index in [2.05, 4.69) is 23.3 Å². The number of nitrogens with one attached hydrogen (secondary N) is 3. The summed E-state index contributed by atoms with van der Waals surface area (Å²) in [5.74, 6) is -5.86. The number of carboxylic acids is 2. The van der Waals surface area contributed by atoms with Crippen molar-refractivity contribution in [2.75, 3.05) is 12.3 Å².